The first-order valence-corrected chi connectivity index (χ1v) is 14.2. The van der Waals surface area contributed by atoms with Crippen LogP contribution in [0.1, 0.15) is 31.0 Å². The first kappa shape index (κ1) is 24.3. The van der Waals surface area contributed by atoms with Crippen molar-refractivity contribution in [1.29, 1.82) is 0 Å². The average Bonchev–Trinajstić information content (AvgIpc) is 3.27. The summed E-state index contributed by atoms with van der Waals surface area (Å²) >= 11 is 0. The lowest BCUT2D eigenvalue weighted by Gasteiger charge is -2.45. The van der Waals surface area contributed by atoms with Crippen molar-refractivity contribution < 1.29 is 17.5 Å². The van der Waals surface area contributed by atoms with Gasteiger partial charge in [0.15, 0.2) is 0 Å². The number of nitrogens with zero attached hydrogens (tertiary/aromatic N) is 5. The van der Waals surface area contributed by atoms with Crippen molar-refractivity contribution in [3.63, 3.8) is 0 Å². The van der Waals surface area contributed by atoms with E-state index < -0.39 is 15.4 Å². The number of sulfonamides is 1. The zero-order valence-electron chi connectivity index (χ0n) is 20.8. The first-order valence-electron chi connectivity index (χ1n) is 12.7. The molecule has 1 aliphatic carbocycles. The van der Waals surface area contributed by atoms with Crippen LogP contribution >= 0.6 is 0 Å². The number of rotatable bonds is 7. The Morgan fingerprint density at radius 1 is 1.08 bits per heavy atom. The van der Waals surface area contributed by atoms with Crippen LogP contribution in [0.15, 0.2) is 59.3 Å². The topological polar surface area (TPSA) is 80.6 Å². The van der Waals surface area contributed by atoms with Gasteiger partial charge in [-0.15, -0.1) is 0 Å². The van der Waals surface area contributed by atoms with Crippen LogP contribution in [-0.4, -0.2) is 66.9 Å². The maximum atomic E-state index is 13.7. The van der Waals surface area contributed by atoms with Gasteiger partial charge in [0.25, 0.3) is 0 Å². The van der Waals surface area contributed by atoms with E-state index in [0.717, 1.165) is 47.8 Å². The molecule has 0 amide bonds. The van der Waals surface area contributed by atoms with E-state index in [-0.39, 0.29) is 10.7 Å². The number of halogens is 1. The molecular weight excluding hydrogens is 493 g/mol. The van der Waals surface area contributed by atoms with E-state index >= 15 is 0 Å². The van der Waals surface area contributed by atoms with Crippen molar-refractivity contribution in [2.24, 2.45) is 5.41 Å². The van der Waals surface area contributed by atoms with Gasteiger partial charge in [-0.3, -0.25) is 0 Å². The fraction of sp³-hybridized carbons (Fsp3) is 0.407. The average molecular weight is 524 g/mol. The van der Waals surface area contributed by atoms with Gasteiger partial charge >= 0.3 is 0 Å². The van der Waals surface area contributed by atoms with Crippen LogP contribution in [0.25, 0.3) is 11.8 Å². The molecule has 3 aromatic rings. The molecule has 2 saturated heterocycles. The lowest BCUT2D eigenvalue weighted by atomic mass is 9.69. The number of pyridine rings is 1. The molecule has 10 heteroatoms. The van der Waals surface area contributed by atoms with E-state index in [2.05, 4.69) is 21.1 Å². The van der Waals surface area contributed by atoms with E-state index in [9.17, 15) is 12.8 Å². The van der Waals surface area contributed by atoms with Crippen LogP contribution in [0.2, 0.25) is 0 Å². The molecule has 2 aliphatic heterocycles. The van der Waals surface area contributed by atoms with Gasteiger partial charge < -0.3 is 9.64 Å². The quantitative estimate of drug-likeness (QED) is 0.470. The van der Waals surface area contributed by atoms with Crippen LogP contribution in [0.4, 0.5) is 10.2 Å². The molecule has 8 nitrogen and oxygen atoms in total. The highest BCUT2D eigenvalue weighted by Gasteiger charge is 2.46. The summed E-state index contributed by atoms with van der Waals surface area (Å²) in [4.78, 5) is 6.78. The van der Waals surface area contributed by atoms with E-state index in [1.807, 2.05) is 17.8 Å². The molecule has 194 valence electrons. The third-order valence-electron chi connectivity index (χ3n) is 7.71. The lowest BCUT2D eigenvalue weighted by Crippen LogP contribution is -2.51. The second kappa shape index (κ2) is 9.34. The molecule has 0 spiro atoms. The number of piperidine rings is 1. The second-order valence-corrected chi connectivity index (χ2v) is 11.9. The first-order chi connectivity index (χ1) is 17.9. The van der Waals surface area contributed by atoms with Crippen molar-refractivity contribution in [3.8, 4) is 5.69 Å². The Morgan fingerprint density at radius 2 is 1.89 bits per heavy atom. The molecule has 3 aliphatic rings. The largest absolute Gasteiger partial charge is 0.381 e. The van der Waals surface area contributed by atoms with Crippen molar-refractivity contribution in [2.75, 3.05) is 44.3 Å². The molecule has 2 aromatic heterocycles. The zero-order valence-corrected chi connectivity index (χ0v) is 21.6. The molecule has 1 unspecified atom stereocenters. The Hall–Kier alpha value is -3.08. The van der Waals surface area contributed by atoms with Crippen molar-refractivity contribution >= 4 is 21.9 Å². The van der Waals surface area contributed by atoms with Crippen LogP contribution < -0.4 is 4.90 Å². The molecule has 0 N–H and O–H groups in total. The van der Waals surface area contributed by atoms with E-state index in [1.54, 1.807) is 28.6 Å². The van der Waals surface area contributed by atoms with Crippen LogP contribution in [0.5, 0.6) is 0 Å². The fourth-order valence-corrected chi connectivity index (χ4v) is 6.99. The highest BCUT2D eigenvalue weighted by atomic mass is 32.2. The van der Waals surface area contributed by atoms with Crippen LogP contribution in [0, 0.1) is 11.2 Å². The number of anilines is 1. The third kappa shape index (κ3) is 4.26. The summed E-state index contributed by atoms with van der Waals surface area (Å²) in [6.45, 7) is 5.55. The number of benzene rings is 1. The number of fused-ring (bicyclic) bond motifs is 2. The summed E-state index contributed by atoms with van der Waals surface area (Å²) in [6.07, 6.45) is 7.79. The minimum Gasteiger partial charge on any atom is -0.381 e. The molecule has 1 atom stereocenters. The number of ether oxygens (including phenoxy) is 1. The van der Waals surface area contributed by atoms with Crippen molar-refractivity contribution in [1.82, 2.24) is 19.1 Å². The standard InChI is InChI=1S/C27H30FN5O3S/c1-2-36-19-27-15-20-16-30-33(23-6-4-22(28)5-7-23)25(20)14-21(27)10-13-32(18-27)37(34,35)24-8-9-26(29-17-24)31-11-3-12-31/h4-9,14,16-17H,2-3,10-13,15,18-19H2,1H3. The summed E-state index contributed by atoms with van der Waals surface area (Å²) in [5.74, 6) is 0.526. The maximum absolute atomic E-state index is 13.7. The normalized spacial score (nSPS) is 21.7. The van der Waals surface area contributed by atoms with E-state index in [0.29, 0.717) is 39.1 Å². The van der Waals surface area contributed by atoms with Crippen LogP contribution in [-0.2, 0) is 21.2 Å². The Bertz CT molecular complexity index is 1430. The zero-order chi connectivity index (χ0) is 25.6. The van der Waals surface area contributed by atoms with E-state index in [4.69, 9.17) is 4.74 Å². The van der Waals surface area contributed by atoms with Gasteiger partial charge in [0.1, 0.15) is 16.5 Å². The monoisotopic (exact) mass is 523 g/mol. The molecule has 1 aromatic carbocycles. The minimum atomic E-state index is -3.71. The van der Waals surface area contributed by atoms with Crippen LogP contribution in [0.3, 0.4) is 0 Å². The Morgan fingerprint density at radius 3 is 2.57 bits per heavy atom. The molecule has 0 radical (unpaired) electrons. The molecule has 2 fully saturated rings. The Balaban J connectivity index is 1.30. The number of aromatic nitrogens is 3. The predicted octanol–water partition coefficient (Wildman–Crippen LogP) is 3.67. The second-order valence-electron chi connectivity index (χ2n) is 9.99. The number of hydrogen-bond acceptors (Lipinski definition) is 6. The van der Waals surface area contributed by atoms with Gasteiger partial charge in [-0.2, -0.15) is 9.40 Å². The van der Waals surface area contributed by atoms with Gasteiger partial charge in [0, 0.05) is 44.4 Å². The van der Waals surface area contributed by atoms with Crippen molar-refractivity contribution in [2.45, 2.75) is 31.1 Å². The summed E-state index contributed by atoms with van der Waals surface area (Å²) in [6, 6.07) is 9.73. The summed E-state index contributed by atoms with van der Waals surface area (Å²) < 4.78 is 50.1. The predicted molar refractivity (Wildman–Crippen MR) is 139 cm³/mol. The summed E-state index contributed by atoms with van der Waals surface area (Å²) in [5.41, 5.74) is 3.44. The maximum Gasteiger partial charge on any atom is 0.244 e. The molecule has 6 rings (SSSR count). The fourth-order valence-electron chi connectivity index (χ4n) is 5.52. The van der Waals surface area contributed by atoms with Gasteiger partial charge in [0.2, 0.25) is 10.0 Å². The molecule has 0 saturated carbocycles. The van der Waals surface area contributed by atoms with Crippen molar-refractivity contribution in [3.05, 3.63) is 71.4 Å². The van der Waals surface area contributed by atoms with Gasteiger partial charge in [0.05, 0.1) is 24.2 Å². The highest BCUT2D eigenvalue weighted by Crippen LogP contribution is 2.45. The summed E-state index contributed by atoms with van der Waals surface area (Å²) in [5, 5.41) is 4.58. The lowest BCUT2D eigenvalue weighted by molar-refractivity contribution is 0.0477. The van der Waals surface area contributed by atoms with Gasteiger partial charge in [-0.25, -0.2) is 22.5 Å². The Labute approximate surface area is 216 Å². The molecule has 0 bridgehead atoms. The highest BCUT2D eigenvalue weighted by molar-refractivity contribution is 7.89. The molecule has 37 heavy (non-hydrogen) atoms. The minimum absolute atomic E-state index is 0.219. The summed E-state index contributed by atoms with van der Waals surface area (Å²) in [7, 11) is -3.71. The van der Waals surface area contributed by atoms with Gasteiger partial charge in [-0.05, 0) is 74.2 Å². The van der Waals surface area contributed by atoms with E-state index in [1.165, 1.54) is 18.3 Å². The molecule has 4 heterocycles. The Kier molecular flexibility index (Phi) is 6.13. The number of hydrogen-bond donors (Lipinski definition) is 0. The SMILES string of the molecule is CCOCC12Cc3cnn(-c4ccc(F)cc4)c3C=C1CCN(S(=O)(=O)c1ccc(N3CCC3)nc1)C2. The molecular formula is C27H30FN5O3S. The smallest absolute Gasteiger partial charge is 0.244 e. The third-order valence-corrected chi connectivity index (χ3v) is 9.54. The van der Waals surface area contributed by atoms with Gasteiger partial charge in [-0.1, -0.05) is 5.57 Å².